The van der Waals surface area contributed by atoms with Crippen LogP contribution in [-0.2, 0) is 43.3 Å². The minimum absolute atomic E-state index is 0.0256. The second-order valence-corrected chi connectivity index (χ2v) is 22.5. The van der Waals surface area contributed by atoms with E-state index in [0.29, 0.717) is 50.4 Å². The minimum Gasteiger partial charge on any atom is -0.492 e. The van der Waals surface area contributed by atoms with Crippen LogP contribution < -0.4 is 4.74 Å². The van der Waals surface area contributed by atoms with Crippen LogP contribution in [-0.4, -0.2) is 129 Å². The predicted molar refractivity (Wildman–Crippen MR) is 229 cm³/mol. The molecule has 0 aromatic heterocycles. The van der Waals surface area contributed by atoms with Gasteiger partial charge in [-0.3, -0.25) is 13.6 Å². The molecule has 3 aliphatic rings. The fourth-order valence-corrected chi connectivity index (χ4v) is 11.9. The molecule has 0 heterocycles. The number of phosphoric ester groups is 2. The van der Waals surface area contributed by atoms with Crippen molar-refractivity contribution >= 4 is 37.2 Å². The van der Waals surface area contributed by atoms with Crippen LogP contribution in [0.1, 0.15) is 88.7 Å². The second-order valence-electron chi connectivity index (χ2n) is 17.0. The summed E-state index contributed by atoms with van der Waals surface area (Å²) >= 11 is 0. The summed E-state index contributed by atoms with van der Waals surface area (Å²) in [6.07, 6.45) is -3.62. The number of fused-ring (bicyclic) bond motifs is 5. The molecule has 0 amide bonds. The largest absolute Gasteiger partial charge is 0.492 e. The summed E-state index contributed by atoms with van der Waals surface area (Å²) in [4.78, 5) is 29.6. The average molecular weight is 992 g/mol. The van der Waals surface area contributed by atoms with Gasteiger partial charge in [0.25, 0.3) is 5.60 Å². The molecule has 23 heteroatoms. The van der Waals surface area contributed by atoms with E-state index in [2.05, 4.69) is 50.9 Å². The van der Waals surface area contributed by atoms with E-state index in [1.165, 1.54) is 11.1 Å². The number of ether oxygens (including phenoxy) is 4. The van der Waals surface area contributed by atoms with E-state index in [0.717, 1.165) is 82.4 Å². The van der Waals surface area contributed by atoms with Crippen molar-refractivity contribution in [3.05, 3.63) is 29.3 Å². The van der Waals surface area contributed by atoms with Gasteiger partial charge in [-0.25, -0.2) is 9.13 Å². The highest BCUT2D eigenvalue weighted by Gasteiger charge is 2.69. The Kier molecular flexibility index (Phi) is 21.4. The zero-order valence-corrected chi connectivity index (χ0v) is 39.8. The van der Waals surface area contributed by atoms with Gasteiger partial charge in [0.2, 0.25) is 0 Å². The maximum atomic E-state index is 13.2. The lowest BCUT2D eigenvalue weighted by molar-refractivity contribution is -0.374. The van der Waals surface area contributed by atoms with Gasteiger partial charge in [-0.2, -0.15) is 26.3 Å². The molecule has 366 valence electrons. The van der Waals surface area contributed by atoms with Crippen LogP contribution in [0, 0.1) is 23.2 Å². The third-order valence-electron chi connectivity index (χ3n) is 12.7. The Morgan fingerprint density at radius 1 is 0.873 bits per heavy atom. The second kappa shape index (κ2) is 24.6. The summed E-state index contributed by atoms with van der Waals surface area (Å²) in [6, 6.07) is 6.46. The topological polar surface area (TPSA) is 163 Å². The molecule has 2 fully saturated rings. The van der Waals surface area contributed by atoms with Gasteiger partial charge in [-0.15, -0.1) is 0 Å². The van der Waals surface area contributed by atoms with Gasteiger partial charge in [-0.05, 0) is 131 Å². The molecule has 0 aliphatic heterocycles. The number of phosphoric acid groups is 2. The zero-order valence-electron chi connectivity index (χ0n) is 36.4. The molecule has 0 spiro atoms. The molecule has 3 N–H and O–H groups in total. The van der Waals surface area contributed by atoms with Gasteiger partial charge < -0.3 is 38.5 Å². The molecule has 2 saturated carbocycles. The number of aryl methyl sites for hydroxylation is 1. The molecular formula is C40H65F6NO12P2S2. The van der Waals surface area contributed by atoms with Crippen molar-refractivity contribution in [1.82, 2.24) is 4.90 Å². The number of rotatable bonds is 29. The molecule has 3 aliphatic carbocycles. The van der Waals surface area contributed by atoms with Crippen molar-refractivity contribution in [3.63, 3.8) is 0 Å². The first-order valence-corrected chi connectivity index (χ1v) is 26.9. The lowest BCUT2D eigenvalue weighted by Gasteiger charge is -2.50. The molecule has 7 unspecified atom stereocenters. The van der Waals surface area contributed by atoms with Crippen LogP contribution >= 0.6 is 37.2 Å². The maximum absolute atomic E-state index is 13.2. The molecular weight excluding hydrogens is 927 g/mol. The van der Waals surface area contributed by atoms with Crippen molar-refractivity contribution in [2.45, 2.75) is 108 Å². The molecule has 0 radical (unpaired) electrons. The quantitative estimate of drug-likeness (QED) is 0.0301. The van der Waals surface area contributed by atoms with E-state index in [4.69, 9.17) is 28.5 Å². The Labute approximate surface area is 374 Å². The predicted octanol–water partition coefficient (Wildman–Crippen LogP) is 9.59. The fraction of sp³-hybridized carbons (Fsp3) is 0.850. The van der Waals surface area contributed by atoms with E-state index in [1.54, 1.807) is 21.6 Å². The molecule has 13 nitrogen and oxygen atoms in total. The first-order chi connectivity index (χ1) is 29.5. The number of alkyl halides is 6. The Hall–Kier alpha value is -0.640. The molecule has 1 aromatic carbocycles. The van der Waals surface area contributed by atoms with Crippen molar-refractivity contribution in [3.8, 4) is 5.75 Å². The fourth-order valence-electron chi connectivity index (χ4n) is 9.04. The van der Waals surface area contributed by atoms with Gasteiger partial charge in [0.1, 0.15) is 12.4 Å². The van der Waals surface area contributed by atoms with E-state index in [9.17, 15) is 40.4 Å². The van der Waals surface area contributed by atoms with Crippen LogP contribution in [0.4, 0.5) is 26.3 Å². The third-order valence-corrected chi connectivity index (χ3v) is 16.6. The summed E-state index contributed by atoms with van der Waals surface area (Å²) in [6.45, 7) is 4.21. The Morgan fingerprint density at radius 2 is 1.59 bits per heavy atom. The highest BCUT2D eigenvalue weighted by molar-refractivity contribution is 8.76. The van der Waals surface area contributed by atoms with Crippen LogP contribution in [0.25, 0.3) is 0 Å². The summed E-state index contributed by atoms with van der Waals surface area (Å²) < 4.78 is 138. The van der Waals surface area contributed by atoms with Gasteiger partial charge in [0, 0.05) is 44.3 Å². The Balaban J connectivity index is 1.06. The van der Waals surface area contributed by atoms with Crippen LogP contribution in [0.2, 0.25) is 0 Å². The summed E-state index contributed by atoms with van der Waals surface area (Å²) in [5, 5.41) is 0. The summed E-state index contributed by atoms with van der Waals surface area (Å²) in [5.41, 5.74) is -1.61. The van der Waals surface area contributed by atoms with Gasteiger partial charge in [-0.1, -0.05) is 34.6 Å². The van der Waals surface area contributed by atoms with Gasteiger partial charge in [0.15, 0.2) is 0 Å². The number of likely N-dealkylation sites (N-methyl/N-ethyl adjacent to an activating group) is 1. The third kappa shape index (κ3) is 16.5. The maximum Gasteiger partial charge on any atom is 0.471 e. The zero-order chi connectivity index (χ0) is 46.5. The number of halogens is 6. The molecule has 63 heavy (non-hydrogen) atoms. The molecule has 0 saturated heterocycles. The smallest absolute Gasteiger partial charge is 0.471 e. The van der Waals surface area contributed by atoms with Crippen molar-refractivity contribution < 1.29 is 82.7 Å². The minimum atomic E-state index is -5.58. The lowest BCUT2D eigenvalue weighted by Crippen LogP contribution is -2.56. The lowest BCUT2D eigenvalue weighted by atomic mass is 9.55. The van der Waals surface area contributed by atoms with E-state index in [-0.39, 0.29) is 44.7 Å². The SMILES string of the molecule is COP(=O)(O)OCC(CCCOCCSSCCCN(C)CCOc1ccc2c(c1)CCC1C2CCC2(C)C(OCCCOC(C)(C(F)(F)F)C(F)(F)F)CCC12)COP(=O)(O)O. The highest BCUT2D eigenvalue weighted by atomic mass is 33.1. The van der Waals surface area contributed by atoms with E-state index < -0.39 is 46.1 Å². The Morgan fingerprint density at radius 3 is 2.29 bits per heavy atom. The number of benzene rings is 1. The van der Waals surface area contributed by atoms with Crippen LogP contribution in [0.15, 0.2) is 18.2 Å². The summed E-state index contributed by atoms with van der Waals surface area (Å²) in [5.74, 6) is 3.45. The van der Waals surface area contributed by atoms with Crippen LogP contribution in [0.3, 0.4) is 0 Å². The molecule has 7 atom stereocenters. The van der Waals surface area contributed by atoms with Gasteiger partial charge >= 0.3 is 28.0 Å². The number of hydrogen-bond acceptors (Lipinski definition) is 12. The van der Waals surface area contributed by atoms with Crippen molar-refractivity contribution in [2.24, 2.45) is 23.2 Å². The van der Waals surface area contributed by atoms with Gasteiger partial charge in [0.05, 0.1) is 32.5 Å². The highest BCUT2D eigenvalue weighted by Crippen LogP contribution is 2.61. The first kappa shape index (κ1) is 55.0. The number of hydrogen-bond donors (Lipinski definition) is 3. The van der Waals surface area contributed by atoms with Crippen molar-refractivity contribution in [2.75, 3.05) is 85.0 Å². The summed E-state index contributed by atoms with van der Waals surface area (Å²) in [7, 11) is -2.33. The van der Waals surface area contributed by atoms with E-state index >= 15 is 0 Å². The average Bonchev–Trinajstić information content (AvgIpc) is 3.54. The first-order valence-electron chi connectivity index (χ1n) is 21.4. The van der Waals surface area contributed by atoms with Crippen LogP contribution in [0.5, 0.6) is 5.75 Å². The van der Waals surface area contributed by atoms with E-state index in [1.807, 2.05) is 0 Å². The number of nitrogens with zero attached hydrogens (tertiary/aromatic N) is 1. The Bertz CT molecular complexity index is 1630. The van der Waals surface area contributed by atoms with Crippen molar-refractivity contribution in [1.29, 1.82) is 0 Å². The normalized spacial score (nSPS) is 24.5. The molecule has 4 rings (SSSR count). The monoisotopic (exact) mass is 991 g/mol. The standard InChI is InChI=1S/C40H65F6NO12P2S2/c1-37-16-15-33-32-12-10-31(26-30(32)9-11-34(33)35(37)13-14-36(37)56-20-7-21-57-38(2,39(41,42)43)40(44,45)46)55-22-18-47(3)17-6-24-62-63-25-23-54-19-5-8-29(27-58-60(48,49)50)28-59-61(51,52)53-4/h10,12,26,29,33-36H,5-9,11,13-25,27-28H2,1-4H3,(H,51,52)(H2,48,49,50). The molecule has 0 bridgehead atoms. The molecule has 1 aromatic rings.